The lowest BCUT2D eigenvalue weighted by molar-refractivity contribution is 1.09. The number of hydrogen-bond acceptors (Lipinski definition) is 3. The molecule has 0 radical (unpaired) electrons. The van der Waals surface area contributed by atoms with E-state index in [-0.39, 0.29) is 0 Å². The van der Waals surface area contributed by atoms with E-state index >= 15 is 0 Å². The number of pyridine rings is 2. The molecular weight excluding hydrogens is 200 g/mol. The molecular formula is C12H10N4. The van der Waals surface area contributed by atoms with E-state index in [0.717, 1.165) is 17.2 Å². The smallest absolute Gasteiger partial charge is 0.186 e. The molecule has 0 amide bonds. The van der Waals surface area contributed by atoms with Crippen LogP contribution in [0.15, 0.2) is 42.7 Å². The summed E-state index contributed by atoms with van der Waals surface area (Å²) < 4.78 is 1.96. The summed E-state index contributed by atoms with van der Waals surface area (Å²) in [6, 6.07) is 9.73. The maximum atomic E-state index is 4.28. The van der Waals surface area contributed by atoms with Crippen molar-refractivity contribution in [3.8, 4) is 11.5 Å². The van der Waals surface area contributed by atoms with Gasteiger partial charge in [-0.25, -0.2) is 0 Å². The summed E-state index contributed by atoms with van der Waals surface area (Å²) in [6.45, 7) is 2.04. The lowest BCUT2D eigenvalue weighted by Crippen LogP contribution is -1.91. The molecule has 3 heterocycles. The predicted molar refractivity (Wildman–Crippen MR) is 61.0 cm³/mol. The predicted octanol–water partition coefficient (Wildman–Crippen LogP) is 2.10. The summed E-state index contributed by atoms with van der Waals surface area (Å²) in [5, 5.41) is 8.27. The molecule has 0 fully saturated rings. The molecule has 0 saturated heterocycles. The van der Waals surface area contributed by atoms with Crippen LogP contribution in [0.1, 0.15) is 5.56 Å². The fraction of sp³-hybridized carbons (Fsp3) is 0.0833. The molecule has 0 spiro atoms. The van der Waals surface area contributed by atoms with Gasteiger partial charge in [-0.2, -0.15) is 0 Å². The minimum atomic E-state index is 0.777. The van der Waals surface area contributed by atoms with E-state index in [0.29, 0.717) is 0 Å². The van der Waals surface area contributed by atoms with Crippen molar-refractivity contribution in [1.82, 2.24) is 19.6 Å². The first-order valence-corrected chi connectivity index (χ1v) is 5.07. The van der Waals surface area contributed by atoms with Crippen LogP contribution in [-0.2, 0) is 0 Å². The van der Waals surface area contributed by atoms with E-state index in [9.17, 15) is 0 Å². The molecule has 0 saturated carbocycles. The molecule has 4 heteroatoms. The molecule has 0 aliphatic rings. The monoisotopic (exact) mass is 210 g/mol. The number of hydrogen-bond donors (Lipinski definition) is 0. The zero-order valence-corrected chi connectivity index (χ0v) is 8.83. The largest absolute Gasteiger partial charge is 0.281 e. The average molecular weight is 210 g/mol. The number of aromatic nitrogens is 4. The SMILES string of the molecule is Cc1ccc2nnc(-c3ccccn3)n2c1. The van der Waals surface area contributed by atoms with E-state index in [4.69, 9.17) is 0 Å². The van der Waals surface area contributed by atoms with Crippen LogP contribution in [0, 0.1) is 6.92 Å². The van der Waals surface area contributed by atoms with Gasteiger partial charge in [-0.3, -0.25) is 9.38 Å². The molecule has 3 rings (SSSR count). The zero-order chi connectivity index (χ0) is 11.0. The van der Waals surface area contributed by atoms with Crippen molar-refractivity contribution in [1.29, 1.82) is 0 Å². The third-order valence-electron chi connectivity index (χ3n) is 2.44. The molecule has 0 aliphatic heterocycles. The molecule has 3 aromatic heterocycles. The Hall–Kier alpha value is -2.23. The Labute approximate surface area is 92.6 Å². The van der Waals surface area contributed by atoms with Crippen LogP contribution in [0.3, 0.4) is 0 Å². The van der Waals surface area contributed by atoms with Crippen LogP contribution in [0.2, 0.25) is 0 Å². The van der Waals surface area contributed by atoms with E-state index in [1.165, 1.54) is 5.56 Å². The van der Waals surface area contributed by atoms with Gasteiger partial charge in [0.1, 0.15) is 5.69 Å². The zero-order valence-electron chi connectivity index (χ0n) is 8.83. The van der Waals surface area contributed by atoms with Gasteiger partial charge in [-0.15, -0.1) is 10.2 Å². The maximum Gasteiger partial charge on any atom is 0.186 e. The van der Waals surface area contributed by atoms with Crippen LogP contribution in [0.5, 0.6) is 0 Å². The standard InChI is InChI=1S/C12H10N4/c1-9-5-6-11-14-15-12(16(11)8-9)10-4-2-3-7-13-10/h2-8H,1H3. The molecule has 0 bridgehead atoms. The second-order valence-corrected chi connectivity index (χ2v) is 3.67. The number of fused-ring (bicyclic) bond motifs is 1. The Morgan fingerprint density at radius 1 is 1.06 bits per heavy atom. The van der Waals surface area contributed by atoms with Crippen molar-refractivity contribution in [3.05, 3.63) is 48.3 Å². The van der Waals surface area contributed by atoms with Gasteiger partial charge >= 0.3 is 0 Å². The van der Waals surface area contributed by atoms with Crippen LogP contribution in [-0.4, -0.2) is 19.6 Å². The fourth-order valence-corrected chi connectivity index (χ4v) is 1.67. The Bertz CT molecular complexity index is 628. The van der Waals surface area contributed by atoms with Gasteiger partial charge in [-0.05, 0) is 30.7 Å². The van der Waals surface area contributed by atoms with Crippen molar-refractivity contribution < 1.29 is 0 Å². The maximum absolute atomic E-state index is 4.28. The van der Waals surface area contributed by atoms with Gasteiger partial charge in [0.25, 0.3) is 0 Å². The summed E-state index contributed by atoms with van der Waals surface area (Å²) in [4.78, 5) is 4.28. The van der Waals surface area contributed by atoms with Crippen molar-refractivity contribution in [2.24, 2.45) is 0 Å². The Balaban J connectivity index is 2.29. The van der Waals surface area contributed by atoms with E-state index in [1.807, 2.05) is 47.9 Å². The second-order valence-electron chi connectivity index (χ2n) is 3.67. The molecule has 0 unspecified atom stereocenters. The van der Waals surface area contributed by atoms with Gasteiger partial charge < -0.3 is 0 Å². The first-order chi connectivity index (χ1) is 7.84. The average Bonchev–Trinajstić information content (AvgIpc) is 2.73. The van der Waals surface area contributed by atoms with E-state index in [2.05, 4.69) is 15.2 Å². The van der Waals surface area contributed by atoms with Crippen LogP contribution >= 0.6 is 0 Å². The van der Waals surface area contributed by atoms with Gasteiger partial charge in [0.05, 0.1) is 0 Å². The van der Waals surface area contributed by atoms with Crippen LogP contribution in [0.4, 0.5) is 0 Å². The number of rotatable bonds is 1. The van der Waals surface area contributed by atoms with E-state index in [1.54, 1.807) is 6.20 Å². The number of nitrogens with zero attached hydrogens (tertiary/aromatic N) is 4. The molecule has 0 aromatic carbocycles. The summed E-state index contributed by atoms with van der Waals surface area (Å²) >= 11 is 0. The first kappa shape index (κ1) is 9.03. The van der Waals surface area contributed by atoms with E-state index < -0.39 is 0 Å². The molecule has 3 aromatic rings. The summed E-state index contributed by atoms with van der Waals surface area (Å²) in [5.41, 5.74) is 2.84. The molecule has 78 valence electrons. The summed E-state index contributed by atoms with van der Waals surface area (Å²) in [6.07, 6.45) is 3.77. The highest BCUT2D eigenvalue weighted by atomic mass is 15.2. The highest BCUT2D eigenvalue weighted by Gasteiger charge is 2.07. The molecule has 0 N–H and O–H groups in total. The van der Waals surface area contributed by atoms with Gasteiger partial charge in [0.2, 0.25) is 0 Å². The van der Waals surface area contributed by atoms with Crippen LogP contribution in [0.25, 0.3) is 17.2 Å². The molecule has 0 aliphatic carbocycles. The Morgan fingerprint density at radius 3 is 2.81 bits per heavy atom. The quantitative estimate of drug-likeness (QED) is 0.617. The van der Waals surface area contributed by atoms with Crippen molar-refractivity contribution >= 4 is 5.65 Å². The van der Waals surface area contributed by atoms with Crippen molar-refractivity contribution in [2.45, 2.75) is 6.92 Å². The van der Waals surface area contributed by atoms with Crippen molar-refractivity contribution in [2.75, 3.05) is 0 Å². The minimum absolute atomic E-state index is 0.777. The fourth-order valence-electron chi connectivity index (χ4n) is 1.67. The van der Waals surface area contributed by atoms with Crippen molar-refractivity contribution in [3.63, 3.8) is 0 Å². The third kappa shape index (κ3) is 1.35. The summed E-state index contributed by atoms with van der Waals surface area (Å²) in [7, 11) is 0. The first-order valence-electron chi connectivity index (χ1n) is 5.07. The molecule has 0 atom stereocenters. The molecule has 16 heavy (non-hydrogen) atoms. The van der Waals surface area contributed by atoms with Gasteiger partial charge in [-0.1, -0.05) is 12.1 Å². The second kappa shape index (κ2) is 3.41. The molecule has 4 nitrogen and oxygen atoms in total. The Morgan fingerprint density at radius 2 is 2.00 bits per heavy atom. The normalized spacial score (nSPS) is 10.8. The van der Waals surface area contributed by atoms with Gasteiger partial charge in [0.15, 0.2) is 11.5 Å². The highest BCUT2D eigenvalue weighted by molar-refractivity contribution is 5.55. The summed E-state index contributed by atoms with van der Waals surface area (Å²) in [5.74, 6) is 0.777. The third-order valence-corrected chi connectivity index (χ3v) is 2.44. The minimum Gasteiger partial charge on any atom is -0.281 e. The van der Waals surface area contributed by atoms with Gasteiger partial charge in [0, 0.05) is 12.4 Å². The number of aryl methyl sites for hydroxylation is 1. The van der Waals surface area contributed by atoms with Crippen LogP contribution < -0.4 is 0 Å². The Kier molecular flexibility index (Phi) is 1.93. The lowest BCUT2D eigenvalue weighted by Gasteiger charge is -1.99. The topological polar surface area (TPSA) is 43.1 Å². The highest BCUT2D eigenvalue weighted by Crippen LogP contribution is 2.15. The lowest BCUT2D eigenvalue weighted by atomic mass is 10.3.